The van der Waals surface area contributed by atoms with Crippen LogP contribution in [0, 0.1) is 6.92 Å². The van der Waals surface area contributed by atoms with Crippen molar-refractivity contribution in [3.63, 3.8) is 0 Å². The van der Waals surface area contributed by atoms with E-state index in [1.807, 2.05) is 19.1 Å². The van der Waals surface area contributed by atoms with Gasteiger partial charge in [0.05, 0.1) is 42.6 Å². The Morgan fingerprint density at radius 3 is 2.67 bits per heavy atom. The van der Waals surface area contributed by atoms with Gasteiger partial charge < -0.3 is 9.64 Å². The second-order valence-corrected chi connectivity index (χ2v) is 6.52. The minimum absolute atomic E-state index is 0.0735. The molecule has 1 aromatic carbocycles. The van der Waals surface area contributed by atoms with Crippen molar-refractivity contribution in [1.29, 1.82) is 0 Å². The summed E-state index contributed by atoms with van der Waals surface area (Å²) in [7, 11) is 1.35. The fraction of sp³-hybridized carbons (Fsp3) is 0.294. The normalized spacial score (nSPS) is 17.2. The third-order valence-corrected chi connectivity index (χ3v) is 5.01. The zero-order chi connectivity index (χ0) is 17.1. The van der Waals surface area contributed by atoms with Gasteiger partial charge in [0.25, 0.3) is 0 Å². The van der Waals surface area contributed by atoms with Crippen LogP contribution >= 0.6 is 11.8 Å². The molecule has 0 N–H and O–H groups in total. The van der Waals surface area contributed by atoms with E-state index in [0.717, 1.165) is 17.0 Å². The molecule has 2 heterocycles. The van der Waals surface area contributed by atoms with Gasteiger partial charge in [-0.05, 0) is 24.6 Å². The maximum atomic E-state index is 12.2. The minimum Gasteiger partial charge on any atom is -0.465 e. The zero-order valence-electron chi connectivity index (χ0n) is 13.4. The third kappa shape index (κ3) is 3.41. The number of benzene rings is 1. The van der Waals surface area contributed by atoms with Crippen molar-refractivity contribution in [2.75, 3.05) is 12.9 Å². The average molecular weight is 343 g/mol. The van der Waals surface area contributed by atoms with Crippen LogP contribution in [0.15, 0.2) is 36.7 Å². The Labute approximate surface area is 144 Å². The summed E-state index contributed by atoms with van der Waals surface area (Å²) in [6, 6.07) is 7.15. The van der Waals surface area contributed by atoms with Crippen LogP contribution in [0.2, 0.25) is 0 Å². The van der Waals surface area contributed by atoms with Crippen LogP contribution in [-0.4, -0.2) is 39.6 Å². The fourth-order valence-electron chi connectivity index (χ4n) is 2.48. The first-order valence-corrected chi connectivity index (χ1v) is 8.50. The van der Waals surface area contributed by atoms with Crippen LogP contribution in [0.1, 0.15) is 32.7 Å². The Morgan fingerprint density at radius 1 is 1.29 bits per heavy atom. The first kappa shape index (κ1) is 16.4. The van der Waals surface area contributed by atoms with Crippen molar-refractivity contribution in [2.24, 2.45) is 0 Å². The molecule has 0 saturated carbocycles. The molecule has 24 heavy (non-hydrogen) atoms. The number of methoxy groups -OCH3 is 1. The van der Waals surface area contributed by atoms with E-state index in [1.54, 1.807) is 41.2 Å². The molecule has 1 aliphatic heterocycles. The Morgan fingerprint density at radius 2 is 2.04 bits per heavy atom. The molecule has 1 unspecified atom stereocenters. The van der Waals surface area contributed by atoms with Gasteiger partial charge in [0.2, 0.25) is 5.91 Å². The van der Waals surface area contributed by atoms with E-state index in [9.17, 15) is 9.59 Å². The van der Waals surface area contributed by atoms with E-state index >= 15 is 0 Å². The quantitative estimate of drug-likeness (QED) is 0.794. The fourth-order valence-corrected chi connectivity index (χ4v) is 3.67. The summed E-state index contributed by atoms with van der Waals surface area (Å²) in [5.41, 5.74) is 3.06. The predicted molar refractivity (Wildman–Crippen MR) is 90.3 cm³/mol. The first-order chi connectivity index (χ1) is 11.6. The Kier molecular flexibility index (Phi) is 4.80. The molecule has 6 nitrogen and oxygen atoms in total. The first-order valence-electron chi connectivity index (χ1n) is 7.45. The maximum absolute atomic E-state index is 12.2. The van der Waals surface area contributed by atoms with Crippen molar-refractivity contribution in [2.45, 2.75) is 18.8 Å². The number of carbonyl (C=O) groups excluding carboxylic acids is 2. The highest BCUT2D eigenvalue weighted by molar-refractivity contribution is 8.00. The van der Waals surface area contributed by atoms with E-state index < -0.39 is 0 Å². The molecule has 2 aromatic rings. The highest BCUT2D eigenvalue weighted by Gasteiger charge is 2.33. The number of hydrogen-bond acceptors (Lipinski definition) is 6. The third-order valence-electron chi connectivity index (χ3n) is 3.75. The molecule has 0 aliphatic carbocycles. The van der Waals surface area contributed by atoms with Gasteiger partial charge in [0.15, 0.2) is 0 Å². The van der Waals surface area contributed by atoms with Crippen molar-refractivity contribution in [3.8, 4) is 0 Å². The summed E-state index contributed by atoms with van der Waals surface area (Å²) in [5, 5.41) is -0.0905. The minimum atomic E-state index is -0.372. The number of ether oxygens (including phenoxy) is 1. The summed E-state index contributed by atoms with van der Waals surface area (Å²) in [6.07, 6.45) is 3.40. The van der Waals surface area contributed by atoms with Gasteiger partial charge in [-0.25, -0.2) is 4.79 Å². The lowest BCUT2D eigenvalue weighted by Crippen LogP contribution is -2.28. The number of aromatic nitrogens is 2. The average Bonchev–Trinajstić information content (AvgIpc) is 2.97. The van der Waals surface area contributed by atoms with Gasteiger partial charge in [-0.2, -0.15) is 0 Å². The van der Waals surface area contributed by atoms with Crippen LogP contribution in [0.25, 0.3) is 0 Å². The monoisotopic (exact) mass is 343 g/mol. The number of nitrogens with zero attached hydrogens (tertiary/aromatic N) is 3. The molecular formula is C17H17N3O3S. The summed E-state index contributed by atoms with van der Waals surface area (Å²) in [5.74, 6) is 0.135. The van der Waals surface area contributed by atoms with Gasteiger partial charge in [-0.1, -0.05) is 12.1 Å². The van der Waals surface area contributed by atoms with Crippen molar-refractivity contribution in [3.05, 3.63) is 59.2 Å². The van der Waals surface area contributed by atoms with E-state index in [-0.39, 0.29) is 17.3 Å². The van der Waals surface area contributed by atoms with Crippen molar-refractivity contribution < 1.29 is 14.3 Å². The summed E-state index contributed by atoms with van der Waals surface area (Å²) >= 11 is 1.57. The van der Waals surface area contributed by atoms with E-state index in [2.05, 4.69) is 9.97 Å². The predicted octanol–water partition coefficient (Wildman–Crippen LogP) is 2.35. The van der Waals surface area contributed by atoms with Gasteiger partial charge >= 0.3 is 5.97 Å². The molecule has 3 rings (SSSR count). The standard InChI is InChI=1S/C17H17N3O3S/c1-11-7-19-14(8-18-11)9-20-15(21)10-24-16(20)12-3-5-13(6-4-12)17(22)23-2/h3-8,16H,9-10H2,1-2H3. The number of rotatable bonds is 4. The molecule has 0 bridgehead atoms. The lowest BCUT2D eigenvalue weighted by atomic mass is 10.1. The Bertz CT molecular complexity index is 747. The maximum Gasteiger partial charge on any atom is 0.337 e. The Hall–Kier alpha value is -2.41. The molecule has 1 saturated heterocycles. The highest BCUT2D eigenvalue weighted by Crippen LogP contribution is 2.39. The molecule has 7 heteroatoms. The largest absolute Gasteiger partial charge is 0.465 e. The zero-order valence-corrected chi connectivity index (χ0v) is 14.2. The van der Waals surface area contributed by atoms with Crippen LogP contribution < -0.4 is 0 Å². The molecule has 1 amide bonds. The van der Waals surface area contributed by atoms with Gasteiger partial charge in [0, 0.05) is 6.20 Å². The van der Waals surface area contributed by atoms with Crippen LogP contribution in [0.4, 0.5) is 0 Å². The topological polar surface area (TPSA) is 72.4 Å². The molecule has 1 aromatic heterocycles. The summed E-state index contributed by atoms with van der Waals surface area (Å²) in [6.45, 7) is 2.29. The molecule has 1 fully saturated rings. The van der Waals surface area contributed by atoms with Crippen LogP contribution in [0.5, 0.6) is 0 Å². The summed E-state index contributed by atoms with van der Waals surface area (Å²) < 4.78 is 4.70. The van der Waals surface area contributed by atoms with E-state index in [1.165, 1.54) is 7.11 Å². The van der Waals surface area contributed by atoms with Gasteiger partial charge in [0.1, 0.15) is 5.37 Å². The van der Waals surface area contributed by atoms with Crippen molar-refractivity contribution in [1.82, 2.24) is 14.9 Å². The molecule has 1 aliphatic rings. The second kappa shape index (κ2) is 7.00. The number of thioether (sulfide) groups is 1. The number of aryl methyl sites for hydroxylation is 1. The highest BCUT2D eigenvalue weighted by atomic mass is 32.2. The van der Waals surface area contributed by atoms with Crippen molar-refractivity contribution >= 4 is 23.6 Å². The molecule has 124 valence electrons. The number of hydrogen-bond donors (Lipinski definition) is 0. The molecule has 0 spiro atoms. The molecule has 0 radical (unpaired) electrons. The molecular weight excluding hydrogens is 326 g/mol. The number of amides is 1. The van der Waals surface area contributed by atoms with Crippen LogP contribution in [-0.2, 0) is 16.1 Å². The van der Waals surface area contributed by atoms with Crippen LogP contribution in [0.3, 0.4) is 0 Å². The van der Waals surface area contributed by atoms with Gasteiger partial charge in [-0.15, -0.1) is 11.8 Å². The lowest BCUT2D eigenvalue weighted by Gasteiger charge is -2.24. The Balaban J connectivity index is 1.79. The van der Waals surface area contributed by atoms with E-state index in [0.29, 0.717) is 17.9 Å². The summed E-state index contributed by atoms with van der Waals surface area (Å²) in [4.78, 5) is 34.1. The smallest absolute Gasteiger partial charge is 0.337 e. The lowest BCUT2D eigenvalue weighted by molar-refractivity contribution is -0.128. The van der Waals surface area contributed by atoms with Gasteiger partial charge in [-0.3, -0.25) is 14.8 Å². The second-order valence-electron chi connectivity index (χ2n) is 5.45. The number of carbonyl (C=O) groups is 2. The SMILES string of the molecule is COC(=O)c1ccc(C2SCC(=O)N2Cc2cnc(C)cn2)cc1. The van der Waals surface area contributed by atoms with E-state index in [4.69, 9.17) is 4.74 Å². The molecule has 1 atom stereocenters. The number of esters is 1.